The lowest BCUT2D eigenvalue weighted by Crippen LogP contribution is -2.52. The average molecular weight is 816 g/mol. The molecule has 56 heavy (non-hydrogen) atoms. The standard InChI is InChI=1S/C38H48ClF2N9O5S/c1-6-25(11-12-46(3)18-20-56(42)54)37(52)48-13-15-49(16-14-48)38(53)28-8-7-26(21-31(28)39)45-36(51)35-43-23-32(47(35)4)29-10-9-27(33(40)34(29)41)30-22-44-50(24(30)2)17-19-55-5/h7-10,21-23,25H,6,11-20,42H2,1-5H3,(H,45,51). The summed E-state index contributed by atoms with van der Waals surface area (Å²) in [6, 6.07) is 7.43. The van der Waals surface area contributed by atoms with Crippen LogP contribution in [0.25, 0.3) is 22.4 Å². The van der Waals surface area contributed by atoms with Crippen LogP contribution in [0.4, 0.5) is 14.5 Å². The van der Waals surface area contributed by atoms with E-state index >= 15 is 8.78 Å². The Morgan fingerprint density at radius 1 is 1.04 bits per heavy atom. The Balaban J connectivity index is 1.19. The molecule has 18 heteroatoms. The molecule has 2 aromatic carbocycles. The summed E-state index contributed by atoms with van der Waals surface area (Å²) >= 11 is 6.55. The van der Waals surface area contributed by atoms with Crippen LogP contribution in [0.2, 0.25) is 5.02 Å². The molecule has 1 aliphatic heterocycles. The smallest absolute Gasteiger partial charge is 0.291 e. The van der Waals surface area contributed by atoms with E-state index in [-0.39, 0.29) is 51.0 Å². The highest BCUT2D eigenvalue weighted by atomic mass is 35.5. The highest BCUT2D eigenvalue weighted by molar-refractivity contribution is 7.82. The number of hydrogen-bond donors (Lipinski definition) is 2. The monoisotopic (exact) mass is 815 g/mol. The van der Waals surface area contributed by atoms with Crippen molar-refractivity contribution in [3.63, 3.8) is 0 Å². The summed E-state index contributed by atoms with van der Waals surface area (Å²) in [5.74, 6) is -2.87. The van der Waals surface area contributed by atoms with Crippen molar-refractivity contribution in [3.8, 4) is 22.4 Å². The molecule has 2 atom stereocenters. The predicted octanol–water partition coefficient (Wildman–Crippen LogP) is 4.34. The molecule has 0 bridgehead atoms. The van der Waals surface area contributed by atoms with Crippen molar-refractivity contribution in [2.24, 2.45) is 18.1 Å². The summed E-state index contributed by atoms with van der Waals surface area (Å²) in [5, 5.41) is 12.4. The molecule has 14 nitrogen and oxygen atoms in total. The summed E-state index contributed by atoms with van der Waals surface area (Å²) < 4.78 is 50.3. The van der Waals surface area contributed by atoms with E-state index in [1.54, 1.807) is 34.6 Å². The molecule has 0 saturated carbocycles. The number of rotatable bonds is 16. The van der Waals surface area contributed by atoms with Gasteiger partial charge in [-0.15, -0.1) is 0 Å². The van der Waals surface area contributed by atoms with Gasteiger partial charge in [0.2, 0.25) is 5.91 Å². The Kier molecular flexibility index (Phi) is 14.5. The van der Waals surface area contributed by atoms with E-state index in [9.17, 15) is 18.6 Å². The molecule has 2 unspecified atom stereocenters. The van der Waals surface area contributed by atoms with Gasteiger partial charge in [-0.3, -0.25) is 24.2 Å². The van der Waals surface area contributed by atoms with E-state index < -0.39 is 28.5 Å². The number of amides is 3. The van der Waals surface area contributed by atoms with Crippen LogP contribution in [-0.4, -0.2) is 122 Å². The zero-order valence-corrected chi connectivity index (χ0v) is 33.8. The molecule has 4 aromatic rings. The average Bonchev–Trinajstić information content (AvgIpc) is 3.75. The fourth-order valence-electron chi connectivity index (χ4n) is 6.69. The van der Waals surface area contributed by atoms with Crippen molar-refractivity contribution in [2.45, 2.75) is 33.2 Å². The number of benzene rings is 2. The number of ether oxygens (including phenoxy) is 1. The summed E-state index contributed by atoms with van der Waals surface area (Å²) in [4.78, 5) is 49.7. The van der Waals surface area contributed by atoms with Crippen LogP contribution in [0.15, 0.2) is 42.7 Å². The van der Waals surface area contributed by atoms with E-state index in [4.69, 9.17) is 21.5 Å². The van der Waals surface area contributed by atoms with Gasteiger partial charge in [0.05, 0.1) is 58.6 Å². The third-order valence-electron chi connectivity index (χ3n) is 10.2. The topological polar surface area (TPSA) is 161 Å². The third kappa shape index (κ3) is 9.69. The highest BCUT2D eigenvalue weighted by Gasteiger charge is 2.30. The van der Waals surface area contributed by atoms with E-state index in [0.29, 0.717) is 88.0 Å². The zero-order chi connectivity index (χ0) is 40.7. The van der Waals surface area contributed by atoms with E-state index in [1.165, 1.54) is 48.3 Å². The molecule has 2 aromatic heterocycles. The van der Waals surface area contributed by atoms with Gasteiger partial charge in [0, 0.05) is 80.9 Å². The van der Waals surface area contributed by atoms with Gasteiger partial charge in [0.1, 0.15) is 0 Å². The second kappa shape index (κ2) is 19.1. The van der Waals surface area contributed by atoms with Gasteiger partial charge in [0.15, 0.2) is 17.5 Å². The Bertz CT molecular complexity index is 2090. The normalized spacial score (nSPS) is 14.3. The summed E-state index contributed by atoms with van der Waals surface area (Å²) in [6.45, 7) is 7.35. The van der Waals surface area contributed by atoms with Crippen molar-refractivity contribution >= 4 is 46.0 Å². The molecular formula is C38H48ClF2N9O5S. The number of piperazine rings is 1. The first-order valence-electron chi connectivity index (χ1n) is 18.3. The van der Waals surface area contributed by atoms with Gasteiger partial charge in [-0.2, -0.15) is 5.10 Å². The Morgan fingerprint density at radius 3 is 2.38 bits per heavy atom. The maximum absolute atomic E-state index is 15.5. The molecule has 3 heterocycles. The highest BCUT2D eigenvalue weighted by Crippen LogP contribution is 2.33. The molecule has 3 amide bonds. The van der Waals surface area contributed by atoms with Gasteiger partial charge < -0.3 is 29.3 Å². The molecule has 1 aliphatic rings. The molecule has 5 rings (SSSR count). The number of methoxy groups -OCH3 is 1. The van der Waals surface area contributed by atoms with Crippen LogP contribution in [0.5, 0.6) is 0 Å². The molecule has 0 spiro atoms. The Hall–Kier alpha value is -4.55. The number of nitrogens with zero attached hydrogens (tertiary/aromatic N) is 7. The molecule has 0 radical (unpaired) electrons. The van der Waals surface area contributed by atoms with Crippen LogP contribution in [0.3, 0.4) is 0 Å². The predicted molar refractivity (Wildman–Crippen MR) is 211 cm³/mol. The van der Waals surface area contributed by atoms with Crippen LogP contribution in [0, 0.1) is 24.5 Å². The summed E-state index contributed by atoms with van der Waals surface area (Å²) in [7, 11) is 3.64. The number of imidazole rings is 1. The van der Waals surface area contributed by atoms with Crippen LogP contribution in [0.1, 0.15) is 46.4 Å². The fraction of sp³-hybridized carbons (Fsp3) is 0.447. The SMILES string of the molecule is CCC(CCN(C)CCS(N)=O)C(=O)N1CCN(C(=O)c2ccc(NC(=O)c3ncc(-c4ccc(-c5cnn(CCOC)c5C)c(F)c4F)n3C)cc2Cl)CC1. The molecule has 0 aliphatic carbocycles. The minimum atomic E-state index is -1.36. The van der Waals surface area contributed by atoms with Crippen LogP contribution < -0.4 is 10.5 Å². The van der Waals surface area contributed by atoms with Crippen LogP contribution >= 0.6 is 11.6 Å². The van der Waals surface area contributed by atoms with Gasteiger partial charge in [0.25, 0.3) is 11.8 Å². The first-order chi connectivity index (χ1) is 26.7. The van der Waals surface area contributed by atoms with Gasteiger partial charge in [-0.1, -0.05) is 24.6 Å². The molecular weight excluding hydrogens is 768 g/mol. The second-order valence-corrected chi connectivity index (χ2v) is 15.3. The molecule has 302 valence electrons. The quantitative estimate of drug-likeness (QED) is 0.169. The lowest BCUT2D eigenvalue weighted by molar-refractivity contribution is -0.137. The fourth-order valence-corrected chi connectivity index (χ4v) is 7.44. The first-order valence-corrected chi connectivity index (χ1v) is 20.0. The number of hydrogen-bond acceptors (Lipinski definition) is 8. The zero-order valence-electron chi connectivity index (χ0n) is 32.2. The number of aromatic nitrogens is 4. The van der Waals surface area contributed by atoms with Crippen molar-refractivity contribution in [2.75, 3.05) is 71.1 Å². The summed E-state index contributed by atoms with van der Waals surface area (Å²) in [5.41, 5.74) is 1.82. The van der Waals surface area contributed by atoms with Crippen molar-refractivity contribution < 1.29 is 32.1 Å². The first kappa shape index (κ1) is 42.6. The largest absolute Gasteiger partial charge is 0.383 e. The minimum Gasteiger partial charge on any atom is -0.383 e. The Morgan fingerprint density at radius 2 is 1.71 bits per heavy atom. The van der Waals surface area contributed by atoms with Crippen molar-refractivity contribution in [1.82, 2.24) is 34.0 Å². The molecule has 1 saturated heterocycles. The van der Waals surface area contributed by atoms with E-state index in [1.807, 2.05) is 18.9 Å². The number of anilines is 1. The Labute approximate surface area is 332 Å². The lowest BCUT2D eigenvalue weighted by atomic mass is 9.99. The number of carbonyl (C=O) groups is 3. The van der Waals surface area contributed by atoms with Gasteiger partial charge >= 0.3 is 0 Å². The van der Waals surface area contributed by atoms with Gasteiger partial charge in [-0.25, -0.2) is 18.0 Å². The van der Waals surface area contributed by atoms with E-state index in [2.05, 4.69) is 15.4 Å². The molecule has 1 fully saturated rings. The van der Waals surface area contributed by atoms with Crippen molar-refractivity contribution in [1.29, 1.82) is 0 Å². The number of carbonyl (C=O) groups excluding carboxylic acids is 3. The molecule has 3 N–H and O–H groups in total. The summed E-state index contributed by atoms with van der Waals surface area (Å²) in [6.07, 6.45) is 4.13. The maximum atomic E-state index is 15.5. The number of halogens is 3. The van der Waals surface area contributed by atoms with Crippen molar-refractivity contribution in [3.05, 3.63) is 76.5 Å². The second-order valence-electron chi connectivity index (χ2n) is 13.7. The minimum absolute atomic E-state index is 0.0529. The third-order valence-corrected chi connectivity index (χ3v) is 11.1. The van der Waals surface area contributed by atoms with Gasteiger partial charge in [-0.05, 0) is 57.6 Å². The van der Waals surface area contributed by atoms with Crippen LogP contribution in [-0.2, 0) is 34.1 Å². The van der Waals surface area contributed by atoms with E-state index in [0.717, 1.165) is 0 Å². The maximum Gasteiger partial charge on any atom is 0.291 e. The number of nitrogens with one attached hydrogen (secondary N) is 1. The number of nitrogens with two attached hydrogens (primary N) is 1. The lowest BCUT2D eigenvalue weighted by Gasteiger charge is -2.36.